The van der Waals surface area contributed by atoms with Crippen LogP contribution >= 0.6 is 0 Å². The van der Waals surface area contributed by atoms with Gasteiger partial charge in [-0.25, -0.2) is 4.68 Å². The van der Waals surface area contributed by atoms with E-state index >= 15 is 0 Å². The Morgan fingerprint density at radius 1 is 0.739 bits per heavy atom. The standard InChI is InChI=1S/C18H12N2O3/c1-19-15-12-9-5-6-10-13(12)16(21)17(22)14(15)18(23)20(19)11-7-3-2-4-8-11/h2-10H,1H3. The molecule has 1 aliphatic carbocycles. The van der Waals surface area contributed by atoms with Gasteiger partial charge < -0.3 is 0 Å². The third kappa shape index (κ3) is 1.70. The summed E-state index contributed by atoms with van der Waals surface area (Å²) in [5.41, 5.74) is 1.56. The number of Topliss-reactive ketones (excluding diaryl/α,β-unsaturated/α-hetero) is 2. The van der Waals surface area contributed by atoms with Gasteiger partial charge in [-0.15, -0.1) is 0 Å². The maximum Gasteiger partial charge on any atom is 0.283 e. The molecule has 0 amide bonds. The van der Waals surface area contributed by atoms with Gasteiger partial charge in [0.25, 0.3) is 5.56 Å². The van der Waals surface area contributed by atoms with E-state index in [4.69, 9.17) is 0 Å². The van der Waals surface area contributed by atoms with Crippen LogP contribution in [-0.2, 0) is 7.05 Å². The van der Waals surface area contributed by atoms with Gasteiger partial charge in [0, 0.05) is 18.2 Å². The van der Waals surface area contributed by atoms with Crippen LogP contribution in [0, 0.1) is 0 Å². The third-order valence-corrected chi connectivity index (χ3v) is 4.13. The van der Waals surface area contributed by atoms with Gasteiger partial charge in [-0.2, -0.15) is 0 Å². The van der Waals surface area contributed by atoms with Crippen LogP contribution in [0.1, 0.15) is 20.7 Å². The van der Waals surface area contributed by atoms with Crippen molar-refractivity contribution >= 4 is 11.6 Å². The predicted molar refractivity (Wildman–Crippen MR) is 85.1 cm³/mol. The maximum atomic E-state index is 12.8. The number of rotatable bonds is 1. The van der Waals surface area contributed by atoms with Crippen LogP contribution in [0.5, 0.6) is 0 Å². The number of nitrogens with zero attached hydrogens (tertiary/aromatic N) is 2. The molecule has 3 aromatic rings. The summed E-state index contributed by atoms with van der Waals surface area (Å²) in [6.07, 6.45) is 0. The minimum Gasteiger partial charge on any atom is -0.285 e. The number of aromatic nitrogens is 2. The van der Waals surface area contributed by atoms with Crippen molar-refractivity contribution in [2.75, 3.05) is 0 Å². The zero-order chi connectivity index (χ0) is 16.1. The second-order valence-electron chi connectivity index (χ2n) is 5.40. The van der Waals surface area contributed by atoms with Crippen molar-refractivity contribution in [2.24, 2.45) is 7.05 Å². The van der Waals surface area contributed by atoms with Crippen LogP contribution in [-0.4, -0.2) is 20.9 Å². The molecule has 5 heteroatoms. The first-order valence-corrected chi connectivity index (χ1v) is 7.17. The minimum atomic E-state index is -0.742. The van der Waals surface area contributed by atoms with E-state index in [1.165, 1.54) is 4.68 Å². The van der Waals surface area contributed by atoms with E-state index in [1.807, 2.05) is 18.2 Å². The SMILES string of the molecule is Cn1c2c(c(=O)n1-c1ccccc1)C(=O)C(=O)c1ccccc1-2. The molecule has 0 fully saturated rings. The van der Waals surface area contributed by atoms with Crippen LogP contribution in [0.25, 0.3) is 16.9 Å². The van der Waals surface area contributed by atoms with Crippen molar-refractivity contribution in [3.8, 4) is 16.9 Å². The molecule has 1 aliphatic rings. The summed E-state index contributed by atoms with van der Waals surface area (Å²) in [5.74, 6) is -1.37. The highest BCUT2D eigenvalue weighted by atomic mass is 16.2. The van der Waals surface area contributed by atoms with Crippen molar-refractivity contribution in [1.82, 2.24) is 9.36 Å². The van der Waals surface area contributed by atoms with E-state index < -0.39 is 17.1 Å². The zero-order valence-electron chi connectivity index (χ0n) is 12.3. The molecule has 0 radical (unpaired) electrons. The molecular formula is C18H12N2O3. The Labute approximate surface area is 131 Å². The quantitative estimate of drug-likeness (QED) is 0.648. The van der Waals surface area contributed by atoms with Gasteiger partial charge in [0.2, 0.25) is 11.6 Å². The Morgan fingerprint density at radius 3 is 2.04 bits per heavy atom. The molecule has 0 atom stereocenters. The molecule has 112 valence electrons. The summed E-state index contributed by atoms with van der Waals surface area (Å²) in [6, 6.07) is 15.9. The molecule has 0 bridgehead atoms. The van der Waals surface area contributed by atoms with Crippen molar-refractivity contribution in [3.05, 3.63) is 76.1 Å². The Morgan fingerprint density at radius 2 is 1.35 bits per heavy atom. The largest absolute Gasteiger partial charge is 0.285 e. The van der Waals surface area contributed by atoms with Crippen LogP contribution in [0.2, 0.25) is 0 Å². The zero-order valence-corrected chi connectivity index (χ0v) is 12.3. The number of fused-ring (bicyclic) bond motifs is 3. The number of carbonyl (C=O) groups is 2. The second kappa shape index (κ2) is 4.64. The Kier molecular flexibility index (Phi) is 2.72. The fraction of sp³-hybridized carbons (Fsp3) is 0.0556. The summed E-state index contributed by atoms with van der Waals surface area (Å²) in [6.45, 7) is 0. The van der Waals surface area contributed by atoms with Gasteiger partial charge in [-0.3, -0.25) is 19.1 Å². The molecule has 1 heterocycles. The summed E-state index contributed by atoms with van der Waals surface area (Å²) < 4.78 is 3.05. The topological polar surface area (TPSA) is 61.1 Å². The van der Waals surface area contributed by atoms with Crippen molar-refractivity contribution < 1.29 is 9.59 Å². The molecule has 1 aromatic heterocycles. The maximum absolute atomic E-state index is 12.8. The minimum absolute atomic E-state index is 0.0555. The molecule has 4 rings (SSSR count). The number of benzene rings is 2. The fourth-order valence-electron chi connectivity index (χ4n) is 3.10. The Bertz CT molecular complexity index is 1030. The smallest absolute Gasteiger partial charge is 0.283 e. The summed E-state index contributed by atoms with van der Waals surface area (Å²) in [7, 11) is 1.72. The van der Waals surface area contributed by atoms with Crippen molar-refractivity contribution in [2.45, 2.75) is 0 Å². The molecule has 0 unspecified atom stereocenters. The van der Waals surface area contributed by atoms with Crippen molar-refractivity contribution in [1.29, 1.82) is 0 Å². The number of ketones is 2. The van der Waals surface area contributed by atoms with E-state index in [9.17, 15) is 14.4 Å². The average molecular weight is 304 g/mol. The lowest BCUT2D eigenvalue weighted by Gasteiger charge is -2.15. The average Bonchev–Trinajstić information content (AvgIpc) is 2.84. The lowest BCUT2D eigenvalue weighted by molar-refractivity contribution is 0.0814. The highest BCUT2D eigenvalue weighted by Crippen LogP contribution is 2.32. The van der Waals surface area contributed by atoms with Gasteiger partial charge in [0.05, 0.1) is 11.4 Å². The molecule has 2 aromatic carbocycles. The first-order valence-electron chi connectivity index (χ1n) is 7.17. The van der Waals surface area contributed by atoms with Gasteiger partial charge >= 0.3 is 0 Å². The number of para-hydroxylation sites is 1. The molecule has 0 N–H and O–H groups in total. The van der Waals surface area contributed by atoms with Crippen molar-refractivity contribution in [3.63, 3.8) is 0 Å². The molecule has 23 heavy (non-hydrogen) atoms. The lowest BCUT2D eigenvalue weighted by Crippen LogP contribution is -2.27. The summed E-state index contributed by atoms with van der Waals surface area (Å²) in [4.78, 5) is 37.5. The van der Waals surface area contributed by atoms with E-state index in [0.29, 0.717) is 22.5 Å². The number of hydrogen-bond donors (Lipinski definition) is 0. The first-order chi connectivity index (χ1) is 11.1. The highest BCUT2D eigenvalue weighted by Gasteiger charge is 2.36. The highest BCUT2D eigenvalue weighted by molar-refractivity contribution is 6.52. The summed E-state index contributed by atoms with van der Waals surface area (Å²) >= 11 is 0. The van der Waals surface area contributed by atoms with Crippen LogP contribution in [0.3, 0.4) is 0 Å². The van der Waals surface area contributed by atoms with Gasteiger partial charge in [0.15, 0.2) is 0 Å². The first kappa shape index (κ1) is 13.5. The molecule has 0 aliphatic heterocycles. The van der Waals surface area contributed by atoms with Crippen LogP contribution in [0.15, 0.2) is 59.4 Å². The predicted octanol–water partition coefficient (Wildman–Crippen LogP) is 2.22. The van der Waals surface area contributed by atoms with Crippen LogP contribution in [0.4, 0.5) is 0 Å². The molecule has 0 spiro atoms. The molecule has 5 nitrogen and oxygen atoms in total. The van der Waals surface area contributed by atoms with E-state index in [0.717, 1.165) is 0 Å². The van der Waals surface area contributed by atoms with E-state index in [1.54, 1.807) is 48.1 Å². The Hall–Kier alpha value is -3.21. The molecule has 0 saturated heterocycles. The second-order valence-corrected chi connectivity index (χ2v) is 5.40. The monoisotopic (exact) mass is 304 g/mol. The van der Waals surface area contributed by atoms with E-state index in [-0.39, 0.29) is 5.56 Å². The molecule has 0 saturated carbocycles. The third-order valence-electron chi connectivity index (χ3n) is 4.13. The fourth-order valence-corrected chi connectivity index (χ4v) is 3.10. The van der Waals surface area contributed by atoms with Crippen LogP contribution < -0.4 is 5.56 Å². The van der Waals surface area contributed by atoms with Gasteiger partial charge in [0.1, 0.15) is 5.56 Å². The Balaban J connectivity index is 2.13. The number of hydrogen-bond acceptors (Lipinski definition) is 3. The summed E-state index contributed by atoms with van der Waals surface area (Å²) in [5, 5.41) is 0. The lowest BCUT2D eigenvalue weighted by atomic mass is 9.88. The normalized spacial score (nSPS) is 12.9. The van der Waals surface area contributed by atoms with E-state index in [2.05, 4.69) is 0 Å². The number of carbonyl (C=O) groups excluding carboxylic acids is 2. The van der Waals surface area contributed by atoms with Gasteiger partial charge in [-0.1, -0.05) is 42.5 Å². The molecular weight excluding hydrogens is 292 g/mol. The van der Waals surface area contributed by atoms with Gasteiger partial charge in [-0.05, 0) is 12.1 Å².